The van der Waals surface area contributed by atoms with Crippen LogP contribution in [0.15, 0.2) is 66.7 Å². The highest BCUT2D eigenvalue weighted by atomic mass is 35.5. The molecule has 1 N–H and O–H groups in total. The van der Waals surface area contributed by atoms with E-state index in [1.165, 1.54) is 17.5 Å². The molecule has 5 rings (SSSR count). The van der Waals surface area contributed by atoms with Crippen LogP contribution in [0.4, 0.5) is 11.4 Å². The predicted molar refractivity (Wildman–Crippen MR) is 133 cm³/mol. The molecule has 0 aromatic heterocycles. The Morgan fingerprint density at radius 3 is 2.58 bits per heavy atom. The van der Waals surface area contributed by atoms with Gasteiger partial charge in [0.25, 0.3) is 5.91 Å². The third-order valence-corrected chi connectivity index (χ3v) is 7.36. The molecule has 1 aliphatic carbocycles. The number of nitrogens with zero attached hydrogens (tertiary/aromatic N) is 1. The van der Waals surface area contributed by atoms with Crippen LogP contribution >= 0.6 is 23.4 Å². The molecule has 0 bridgehead atoms. The molecule has 5 nitrogen and oxygen atoms in total. The van der Waals surface area contributed by atoms with Crippen LogP contribution in [0.1, 0.15) is 28.5 Å². The summed E-state index contributed by atoms with van der Waals surface area (Å²) in [6.45, 7) is -0.0948. The molecule has 0 saturated carbocycles. The Hall–Kier alpha value is -2.96. The summed E-state index contributed by atoms with van der Waals surface area (Å²) in [6, 6.07) is 20.9. The average molecular weight is 479 g/mol. The molecule has 2 amide bonds. The zero-order valence-electron chi connectivity index (χ0n) is 17.9. The Labute approximate surface area is 202 Å². The molecular formula is C26H23ClN2O3S. The topological polar surface area (TPSA) is 58.6 Å². The molecule has 1 fully saturated rings. The van der Waals surface area contributed by atoms with E-state index in [0.29, 0.717) is 22.2 Å². The van der Waals surface area contributed by atoms with Gasteiger partial charge in [-0.2, -0.15) is 0 Å². The quantitative estimate of drug-likeness (QED) is 0.499. The second-order valence-electron chi connectivity index (χ2n) is 8.15. The van der Waals surface area contributed by atoms with Crippen molar-refractivity contribution in [2.45, 2.75) is 24.6 Å². The summed E-state index contributed by atoms with van der Waals surface area (Å²) >= 11 is 7.48. The van der Waals surface area contributed by atoms with Gasteiger partial charge < -0.3 is 10.1 Å². The summed E-state index contributed by atoms with van der Waals surface area (Å²) in [5.74, 6) is 0.921. The van der Waals surface area contributed by atoms with E-state index in [9.17, 15) is 9.59 Å². The van der Waals surface area contributed by atoms with Gasteiger partial charge in [-0.05, 0) is 84.5 Å². The maximum atomic E-state index is 12.7. The highest BCUT2D eigenvalue weighted by Gasteiger charge is 2.34. The minimum absolute atomic E-state index is 0.0741. The van der Waals surface area contributed by atoms with E-state index in [4.69, 9.17) is 16.3 Å². The lowest BCUT2D eigenvalue weighted by molar-refractivity contribution is -0.118. The Morgan fingerprint density at radius 2 is 1.79 bits per heavy atom. The summed E-state index contributed by atoms with van der Waals surface area (Å²) < 4.78 is 5.49. The molecule has 168 valence electrons. The van der Waals surface area contributed by atoms with Gasteiger partial charge in [0.15, 0.2) is 6.61 Å². The van der Waals surface area contributed by atoms with Gasteiger partial charge in [-0.1, -0.05) is 29.8 Å². The first kappa shape index (κ1) is 21.9. The number of carbonyl (C=O) groups excluding carboxylic acids is 2. The number of carbonyl (C=O) groups is 2. The van der Waals surface area contributed by atoms with E-state index in [-0.39, 0.29) is 23.8 Å². The summed E-state index contributed by atoms with van der Waals surface area (Å²) in [5, 5.41) is 3.38. The molecule has 3 aromatic rings. The van der Waals surface area contributed by atoms with Crippen LogP contribution in [0.25, 0.3) is 0 Å². The minimum atomic E-state index is -0.247. The zero-order chi connectivity index (χ0) is 22.8. The molecule has 1 aliphatic heterocycles. The first-order valence-electron chi connectivity index (χ1n) is 10.9. The van der Waals surface area contributed by atoms with E-state index in [2.05, 4.69) is 23.5 Å². The van der Waals surface area contributed by atoms with Gasteiger partial charge in [-0.25, -0.2) is 0 Å². The average Bonchev–Trinajstić information content (AvgIpc) is 3.45. The van der Waals surface area contributed by atoms with Crippen LogP contribution in [0.5, 0.6) is 5.75 Å². The number of anilines is 2. The fourth-order valence-electron chi connectivity index (χ4n) is 4.27. The number of amides is 2. The van der Waals surface area contributed by atoms with Crippen molar-refractivity contribution in [3.05, 3.63) is 88.4 Å². The van der Waals surface area contributed by atoms with Gasteiger partial charge in [-0.3, -0.25) is 14.5 Å². The third-order valence-electron chi connectivity index (χ3n) is 5.89. The number of hydrogen-bond donors (Lipinski definition) is 1. The highest BCUT2D eigenvalue weighted by molar-refractivity contribution is 8.00. The van der Waals surface area contributed by atoms with Gasteiger partial charge in [0.1, 0.15) is 11.1 Å². The Bertz CT molecular complexity index is 1180. The van der Waals surface area contributed by atoms with E-state index in [1.807, 2.05) is 29.2 Å². The second-order valence-corrected chi connectivity index (χ2v) is 9.65. The third kappa shape index (κ3) is 4.87. The number of aryl methyl sites for hydroxylation is 2. The molecule has 3 aromatic carbocycles. The number of nitrogens with one attached hydrogen (secondary N) is 1. The number of benzene rings is 3. The lowest BCUT2D eigenvalue weighted by Crippen LogP contribution is -2.28. The molecule has 2 aliphatic rings. The van der Waals surface area contributed by atoms with Gasteiger partial charge >= 0.3 is 0 Å². The first-order chi connectivity index (χ1) is 16.1. The Kier molecular flexibility index (Phi) is 6.29. The number of fused-ring (bicyclic) bond motifs is 1. The first-order valence-corrected chi connectivity index (χ1v) is 12.3. The molecule has 33 heavy (non-hydrogen) atoms. The van der Waals surface area contributed by atoms with E-state index >= 15 is 0 Å². The minimum Gasteiger partial charge on any atom is -0.484 e. The van der Waals surface area contributed by atoms with Crippen LogP contribution in [-0.2, 0) is 22.4 Å². The summed E-state index contributed by atoms with van der Waals surface area (Å²) in [6.07, 6.45) is 3.39. The molecule has 1 heterocycles. The molecular weight excluding hydrogens is 456 g/mol. The highest BCUT2D eigenvalue weighted by Crippen LogP contribution is 2.42. The Morgan fingerprint density at radius 1 is 1.03 bits per heavy atom. The van der Waals surface area contributed by atoms with Gasteiger partial charge in [-0.15, -0.1) is 11.8 Å². The van der Waals surface area contributed by atoms with Crippen molar-refractivity contribution in [3.8, 4) is 5.75 Å². The van der Waals surface area contributed by atoms with Crippen LogP contribution in [0, 0.1) is 0 Å². The smallest absolute Gasteiger partial charge is 0.262 e. The van der Waals surface area contributed by atoms with E-state index in [0.717, 1.165) is 24.1 Å². The van der Waals surface area contributed by atoms with E-state index < -0.39 is 0 Å². The van der Waals surface area contributed by atoms with Crippen molar-refractivity contribution >= 4 is 46.6 Å². The maximum Gasteiger partial charge on any atom is 0.262 e. The number of hydrogen-bond acceptors (Lipinski definition) is 4. The predicted octanol–water partition coefficient (Wildman–Crippen LogP) is 5.62. The number of halogens is 1. The van der Waals surface area contributed by atoms with Crippen molar-refractivity contribution in [1.82, 2.24) is 0 Å². The summed E-state index contributed by atoms with van der Waals surface area (Å²) in [4.78, 5) is 26.9. The van der Waals surface area contributed by atoms with Crippen LogP contribution < -0.4 is 15.0 Å². The van der Waals surface area contributed by atoms with E-state index in [1.54, 1.807) is 36.0 Å². The van der Waals surface area contributed by atoms with Crippen LogP contribution in [0.2, 0.25) is 5.02 Å². The number of rotatable bonds is 6. The molecule has 0 radical (unpaired) electrons. The number of ether oxygens (including phenoxy) is 1. The van der Waals surface area contributed by atoms with Crippen LogP contribution in [0.3, 0.4) is 0 Å². The van der Waals surface area contributed by atoms with Crippen LogP contribution in [-0.4, -0.2) is 24.2 Å². The SMILES string of the molecule is O=C(COc1ccc(Cl)cc1)Nc1ccc(C2SCC(=O)N2c2ccc3c(c2)CCC3)cc1. The van der Waals surface area contributed by atoms with Gasteiger partial charge in [0.05, 0.1) is 5.75 Å². The lowest BCUT2D eigenvalue weighted by atomic mass is 10.1. The fraction of sp³-hybridized carbons (Fsp3) is 0.231. The van der Waals surface area contributed by atoms with Gasteiger partial charge in [0.2, 0.25) is 5.91 Å². The summed E-state index contributed by atoms with van der Waals surface area (Å²) in [5.41, 5.74) is 5.43. The molecule has 1 atom stereocenters. The molecule has 1 saturated heterocycles. The fourth-order valence-corrected chi connectivity index (χ4v) is 5.57. The largest absolute Gasteiger partial charge is 0.484 e. The Balaban J connectivity index is 1.24. The normalized spacial score (nSPS) is 17.2. The maximum absolute atomic E-state index is 12.7. The molecule has 0 spiro atoms. The van der Waals surface area contributed by atoms with Crippen molar-refractivity contribution < 1.29 is 14.3 Å². The number of thioether (sulfide) groups is 1. The lowest BCUT2D eigenvalue weighted by Gasteiger charge is -2.25. The monoisotopic (exact) mass is 478 g/mol. The van der Waals surface area contributed by atoms with Crippen molar-refractivity contribution in [3.63, 3.8) is 0 Å². The van der Waals surface area contributed by atoms with Gasteiger partial charge in [0, 0.05) is 16.4 Å². The summed E-state index contributed by atoms with van der Waals surface area (Å²) in [7, 11) is 0. The molecule has 1 unspecified atom stereocenters. The zero-order valence-corrected chi connectivity index (χ0v) is 19.5. The second kappa shape index (κ2) is 9.49. The van der Waals surface area contributed by atoms with Crippen molar-refractivity contribution in [2.24, 2.45) is 0 Å². The standard InChI is InChI=1S/C26H23ClN2O3S/c27-20-7-12-23(13-8-20)32-15-24(30)28-21-9-4-18(5-10-21)26-29(25(31)16-33-26)22-11-6-17-2-1-3-19(17)14-22/h4-14,26H,1-3,15-16H2,(H,28,30). The van der Waals surface area contributed by atoms with Crippen molar-refractivity contribution in [1.29, 1.82) is 0 Å². The van der Waals surface area contributed by atoms with Crippen molar-refractivity contribution in [2.75, 3.05) is 22.6 Å². The molecule has 7 heteroatoms.